The summed E-state index contributed by atoms with van der Waals surface area (Å²) in [5.41, 5.74) is 1.35. The first kappa shape index (κ1) is 18.4. The van der Waals surface area contributed by atoms with Crippen LogP contribution in [0.15, 0.2) is 53.1 Å². The predicted molar refractivity (Wildman–Crippen MR) is 112 cm³/mol. The molecule has 7 heteroatoms. The summed E-state index contributed by atoms with van der Waals surface area (Å²) in [6.45, 7) is 1.70. The van der Waals surface area contributed by atoms with Crippen LogP contribution in [0.1, 0.15) is 6.92 Å². The third-order valence-electron chi connectivity index (χ3n) is 3.53. The number of anilines is 1. The van der Waals surface area contributed by atoms with Gasteiger partial charge in [0.15, 0.2) is 11.9 Å². The average molecular weight is 532 g/mol. The largest absolute Gasteiger partial charge is 0.477 e. The van der Waals surface area contributed by atoms with E-state index in [2.05, 4.69) is 48.8 Å². The molecule has 0 aliphatic carbocycles. The van der Waals surface area contributed by atoms with E-state index in [1.165, 1.54) is 0 Å². The number of fused-ring (bicyclic) bond motifs is 1. The maximum atomic E-state index is 12.4. The van der Waals surface area contributed by atoms with E-state index >= 15 is 0 Å². The standard InChI is InChI=1S/C18H13BrClIN2O2/c1-10(18(24)23-12-6-4-11(19)5-7-12)25-17-15(21)9-14(20)13-3-2-8-22-16(13)17/h2-10H,1H3,(H,23,24)/t10-/m0/s1. The lowest BCUT2D eigenvalue weighted by Gasteiger charge is -2.17. The Hall–Kier alpha value is -1.38. The second kappa shape index (κ2) is 7.88. The molecule has 128 valence electrons. The van der Waals surface area contributed by atoms with Crippen LogP contribution in [0.3, 0.4) is 0 Å². The lowest BCUT2D eigenvalue weighted by Crippen LogP contribution is -2.30. The van der Waals surface area contributed by atoms with Gasteiger partial charge in [-0.05, 0) is 72.0 Å². The lowest BCUT2D eigenvalue weighted by atomic mass is 10.2. The highest BCUT2D eigenvalue weighted by Gasteiger charge is 2.19. The summed E-state index contributed by atoms with van der Waals surface area (Å²) < 4.78 is 7.67. The molecule has 0 saturated heterocycles. The molecule has 0 radical (unpaired) electrons. The number of nitrogens with one attached hydrogen (secondary N) is 1. The molecule has 0 fully saturated rings. The fourth-order valence-corrected chi connectivity index (χ4v) is 3.67. The predicted octanol–water partition coefficient (Wildman–Crippen LogP) is 5.66. The van der Waals surface area contributed by atoms with Crippen LogP contribution in [0.2, 0.25) is 5.02 Å². The number of halogens is 3. The molecule has 4 nitrogen and oxygen atoms in total. The van der Waals surface area contributed by atoms with Crippen LogP contribution in [-0.4, -0.2) is 17.0 Å². The Morgan fingerprint density at radius 1 is 1.32 bits per heavy atom. The maximum Gasteiger partial charge on any atom is 0.265 e. The van der Waals surface area contributed by atoms with E-state index in [0.29, 0.717) is 22.0 Å². The Morgan fingerprint density at radius 3 is 2.76 bits per heavy atom. The van der Waals surface area contributed by atoms with Gasteiger partial charge in [0.05, 0.1) is 8.59 Å². The zero-order valence-corrected chi connectivity index (χ0v) is 17.6. The van der Waals surface area contributed by atoms with Gasteiger partial charge >= 0.3 is 0 Å². The van der Waals surface area contributed by atoms with Crippen molar-refractivity contribution < 1.29 is 9.53 Å². The number of ether oxygens (including phenoxy) is 1. The van der Waals surface area contributed by atoms with Gasteiger partial charge in [-0.3, -0.25) is 9.78 Å². The van der Waals surface area contributed by atoms with Crippen molar-refractivity contribution in [1.82, 2.24) is 4.98 Å². The van der Waals surface area contributed by atoms with Crippen LogP contribution in [-0.2, 0) is 4.79 Å². The van der Waals surface area contributed by atoms with Crippen molar-refractivity contribution >= 4 is 72.6 Å². The molecule has 0 aliphatic rings. The molecule has 0 unspecified atom stereocenters. The lowest BCUT2D eigenvalue weighted by molar-refractivity contribution is -0.122. The van der Waals surface area contributed by atoms with Gasteiger partial charge < -0.3 is 10.1 Å². The van der Waals surface area contributed by atoms with Gasteiger partial charge in [-0.15, -0.1) is 0 Å². The van der Waals surface area contributed by atoms with E-state index in [1.54, 1.807) is 19.2 Å². The molecule has 2 aromatic carbocycles. The zero-order chi connectivity index (χ0) is 18.0. The van der Waals surface area contributed by atoms with Crippen LogP contribution in [0.25, 0.3) is 10.9 Å². The Balaban J connectivity index is 1.83. The van der Waals surface area contributed by atoms with Crippen LogP contribution in [0, 0.1) is 3.57 Å². The van der Waals surface area contributed by atoms with Crippen molar-refractivity contribution in [2.45, 2.75) is 13.0 Å². The highest BCUT2D eigenvalue weighted by Crippen LogP contribution is 2.35. The molecule has 1 aromatic heterocycles. The number of pyridine rings is 1. The first-order chi connectivity index (χ1) is 12.0. The smallest absolute Gasteiger partial charge is 0.265 e. The summed E-state index contributed by atoms with van der Waals surface area (Å²) in [7, 11) is 0. The number of amides is 1. The molecule has 1 N–H and O–H groups in total. The van der Waals surface area contributed by atoms with Crippen molar-refractivity contribution in [2.24, 2.45) is 0 Å². The number of carbonyl (C=O) groups is 1. The summed E-state index contributed by atoms with van der Waals surface area (Å²) in [6, 6.07) is 12.9. The molecule has 3 aromatic rings. The van der Waals surface area contributed by atoms with Gasteiger partial charge in [0, 0.05) is 21.7 Å². The molecule has 25 heavy (non-hydrogen) atoms. The average Bonchev–Trinajstić information content (AvgIpc) is 2.60. The second-order valence-electron chi connectivity index (χ2n) is 5.33. The molecular weight excluding hydrogens is 518 g/mol. The normalized spacial score (nSPS) is 12.0. The Bertz CT molecular complexity index is 934. The van der Waals surface area contributed by atoms with Crippen molar-refractivity contribution in [3.8, 4) is 5.75 Å². The van der Waals surface area contributed by atoms with E-state index in [9.17, 15) is 4.79 Å². The van der Waals surface area contributed by atoms with E-state index in [0.717, 1.165) is 13.4 Å². The first-order valence-corrected chi connectivity index (χ1v) is 9.66. The number of benzene rings is 2. The fourth-order valence-electron chi connectivity index (χ4n) is 2.27. The number of hydrogen-bond donors (Lipinski definition) is 1. The van der Waals surface area contributed by atoms with Gasteiger partial charge in [-0.1, -0.05) is 27.5 Å². The number of carbonyl (C=O) groups excluding carboxylic acids is 1. The zero-order valence-electron chi connectivity index (χ0n) is 13.1. The molecular formula is C18H13BrClIN2O2. The topological polar surface area (TPSA) is 51.2 Å². The monoisotopic (exact) mass is 530 g/mol. The Kier molecular flexibility index (Phi) is 5.81. The molecule has 1 heterocycles. The molecule has 1 amide bonds. The minimum atomic E-state index is -0.691. The molecule has 1 atom stereocenters. The van der Waals surface area contributed by atoms with Crippen LogP contribution in [0.5, 0.6) is 5.75 Å². The van der Waals surface area contributed by atoms with Gasteiger partial charge in [0.2, 0.25) is 0 Å². The van der Waals surface area contributed by atoms with E-state index in [1.807, 2.05) is 36.4 Å². The van der Waals surface area contributed by atoms with Crippen LogP contribution >= 0.6 is 50.1 Å². The third kappa shape index (κ3) is 4.24. The summed E-state index contributed by atoms with van der Waals surface area (Å²) in [6.07, 6.45) is 0.984. The van der Waals surface area contributed by atoms with Crippen molar-refractivity contribution in [1.29, 1.82) is 0 Å². The van der Waals surface area contributed by atoms with Gasteiger partial charge in [-0.2, -0.15) is 0 Å². The third-order valence-corrected chi connectivity index (χ3v) is 5.17. The van der Waals surface area contributed by atoms with Crippen LogP contribution < -0.4 is 10.1 Å². The van der Waals surface area contributed by atoms with Crippen molar-refractivity contribution in [3.05, 3.63) is 61.7 Å². The fraction of sp³-hybridized carbons (Fsp3) is 0.111. The Morgan fingerprint density at radius 2 is 2.04 bits per heavy atom. The first-order valence-electron chi connectivity index (χ1n) is 7.41. The number of hydrogen-bond acceptors (Lipinski definition) is 3. The summed E-state index contributed by atoms with van der Waals surface area (Å²) >= 11 is 11.8. The summed E-state index contributed by atoms with van der Waals surface area (Å²) in [5, 5.41) is 4.23. The van der Waals surface area contributed by atoms with Crippen molar-refractivity contribution in [3.63, 3.8) is 0 Å². The minimum absolute atomic E-state index is 0.239. The van der Waals surface area contributed by atoms with Crippen molar-refractivity contribution in [2.75, 3.05) is 5.32 Å². The van der Waals surface area contributed by atoms with Crippen LogP contribution in [0.4, 0.5) is 5.69 Å². The van der Waals surface area contributed by atoms with Gasteiger partial charge in [-0.25, -0.2) is 0 Å². The molecule has 0 saturated carbocycles. The maximum absolute atomic E-state index is 12.4. The number of nitrogens with zero attached hydrogens (tertiary/aromatic N) is 1. The second-order valence-corrected chi connectivity index (χ2v) is 7.81. The molecule has 0 bridgehead atoms. The molecule has 3 rings (SSSR count). The van der Waals surface area contributed by atoms with E-state index < -0.39 is 6.10 Å². The highest BCUT2D eigenvalue weighted by molar-refractivity contribution is 14.1. The quantitative estimate of drug-likeness (QED) is 0.442. The minimum Gasteiger partial charge on any atom is -0.477 e. The molecule has 0 spiro atoms. The number of rotatable bonds is 4. The summed E-state index contributed by atoms with van der Waals surface area (Å²) in [4.78, 5) is 16.8. The molecule has 0 aliphatic heterocycles. The number of aromatic nitrogens is 1. The summed E-state index contributed by atoms with van der Waals surface area (Å²) in [5.74, 6) is 0.316. The van der Waals surface area contributed by atoms with E-state index in [4.69, 9.17) is 16.3 Å². The van der Waals surface area contributed by atoms with E-state index in [-0.39, 0.29) is 5.91 Å². The SMILES string of the molecule is C[C@H](Oc1c(I)cc(Cl)c2cccnc12)C(=O)Nc1ccc(Br)cc1. The highest BCUT2D eigenvalue weighted by atomic mass is 127. The Labute approximate surface area is 172 Å². The van der Waals surface area contributed by atoms with Gasteiger partial charge in [0.1, 0.15) is 5.52 Å². The van der Waals surface area contributed by atoms with Gasteiger partial charge in [0.25, 0.3) is 5.91 Å².